The highest BCUT2D eigenvalue weighted by atomic mass is 16.3. The van der Waals surface area contributed by atoms with Gasteiger partial charge in [0.15, 0.2) is 0 Å². The number of hydrogen-bond acceptors (Lipinski definition) is 7. The third kappa shape index (κ3) is 17.5. The van der Waals surface area contributed by atoms with Crippen LogP contribution >= 0.6 is 0 Å². The maximum Gasteiger partial charge on any atom is 0.223 e. The lowest BCUT2D eigenvalue weighted by Gasteiger charge is -2.34. The van der Waals surface area contributed by atoms with Crippen molar-refractivity contribution in [2.45, 2.75) is 162 Å². The third-order valence-electron chi connectivity index (χ3n) is 10.5. The number of carbonyl (C=O) groups excluding carboxylic acids is 3. The van der Waals surface area contributed by atoms with Crippen molar-refractivity contribution in [2.75, 3.05) is 0 Å². The number of allylic oxidation sites excluding steroid dienone is 5. The van der Waals surface area contributed by atoms with E-state index in [2.05, 4.69) is 26.1 Å². The molecule has 1 fully saturated rings. The lowest BCUT2D eigenvalue weighted by molar-refractivity contribution is -0.128. The topological polar surface area (TPSA) is 144 Å². The molecule has 8 heteroatoms. The number of nitrogens with one attached hydrogen (secondary N) is 1. The summed E-state index contributed by atoms with van der Waals surface area (Å²) in [5.41, 5.74) is 0.992. The molecule has 0 aromatic rings. The van der Waals surface area contributed by atoms with E-state index in [1.807, 2.05) is 45.1 Å². The average molecular weight is 676 g/mol. The molecule has 0 aromatic carbocycles. The fourth-order valence-corrected chi connectivity index (χ4v) is 6.75. The molecule has 1 saturated heterocycles. The fourth-order valence-electron chi connectivity index (χ4n) is 6.75. The Kier molecular flexibility index (Phi) is 22.0. The predicted molar refractivity (Wildman–Crippen MR) is 194 cm³/mol. The Morgan fingerprint density at radius 1 is 0.875 bits per heavy atom. The second-order valence-corrected chi connectivity index (χ2v) is 15.0. The van der Waals surface area contributed by atoms with Gasteiger partial charge in [0.05, 0.1) is 24.4 Å². The van der Waals surface area contributed by atoms with Crippen LogP contribution < -0.4 is 5.32 Å². The molecule has 8 nitrogen and oxygen atoms in total. The van der Waals surface area contributed by atoms with Gasteiger partial charge in [-0.15, -0.1) is 0 Å². The number of piperidine rings is 1. The lowest BCUT2D eigenvalue weighted by Crippen LogP contribution is -2.47. The number of ketones is 1. The summed E-state index contributed by atoms with van der Waals surface area (Å²) < 4.78 is 0. The molecule has 0 aliphatic carbocycles. The molecule has 0 saturated carbocycles. The van der Waals surface area contributed by atoms with Gasteiger partial charge in [0.25, 0.3) is 0 Å². The Hall–Kier alpha value is -2.13. The first-order chi connectivity index (χ1) is 22.7. The van der Waals surface area contributed by atoms with Crippen molar-refractivity contribution in [3.8, 4) is 0 Å². The first-order valence-electron chi connectivity index (χ1n) is 18.7. The van der Waals surface area contributed by atoms with E-state index in [4.69, 9.17) is 0 Å². The number of Topliss-reactive ketones (excluding diaryl/α,β-unsaturated/α-hetero) is 1. The molecule has 0 radical (unpaired) electrons. The SMILES string of the molecule is CC[C@H]1CCC(C(C)CC(C)CCC(O)C(C)CCC(O)C(O)/C=C(\C)CC/C=C/C=C/CC(C)C(O)C(C=O)CCC(C)=O)NC1=O. The molecule has 0 bridgehead atoms. The molecule has 0 aromatic heterocycles. The third-order valence-corrected chi connectivity index (χ3v) is 10.5. The maximum absolute atomic E-state index is 12.3. The monoisotopic (exact) mass is 676 g/mol. The van der Waals surface area contributed by atoms with Crippen molar-refractivity contribution >= 4 is 18.0 Å². The second-order valence-electron chi connectivity index (χ2n) is 15.0. The van der Waals surface area contributed by atoms with Gasteiger partial charge >= 0.3 is 0 Å². The number of amides is 1. The van der Waals surface area contributed by atoms with Crippen LogP contribution in [-0.2, 0) is 14.4 Å². The largest absolute Gasteiger partial charge is 0.393 e. The quantitative estimate of drug-likeness (QED) is 0.0414. The van der Waals surface area contributed by atoms with Crippen molar-refractivity contribution in [3.05, 3.63) is 36.0 Å². The standard InChI is InChI=1S/C40H69NO7/c1-8-33-20-21-35(41-40(33)48)31(6)24-28(3)16-22-36(44)29(4)17-23-37(45)38(46)25-27(2)14-12-10-9-11-13-15-30(5)39(47)34(26-42)19-18-32(7)43/h9-11,13,25-26,28-31,33-39,44-47H,8,12,14-24H2,1-7H3,(H,41,48)/b10-9+,13-11+,27-25+/t28?,29?,30?,31?,33-,34?,35?,36?,37?,38?,39?/m0/s1. The van der Waals surface area contributed by atoms with Gasteiger partial charge in [-0.25, -0.2) is 0 Å². The van der Waals surface area contributed by atoms with E-state index in [0.29, 0.717) is 50.4 Å². The van der Waals surface area contributed by atoms with Crippen molar-refractivity contribution in [1.82, 2.24) is 5.32 Å². The van der Waals surface area contributed by atoms with Gasteiger partial charge in [-0.1, -0.05) is 70.6 Å². The van der Waals surface area contributed by atoms with Gasteiger partial charge < -0.3 is 35.3 Å². The van der Waals surface area contributed by atoms with E-state index >= 15 is 0 Å². The molecule has 1 rings (SSSR count). The Morgan fingerprint density at radius 2 is 1.54 bits per heavy atom. The van der Waals surface area contributed by atoms with Crippen LogP contribution in [0, 0.1) is 35.5 Å². The minimum atomic E-state index is -0.953. The van der Waals surface area contributed by atoms with Crippen LogP contribution in [0.25, 0.3) is 0 Å². The summed E-state index contributed by atoms with van der Waals surface area (Å²) in [6.07, 6.45) is 16.6. The van der Waals surface area contributed by atoms with Gasteiger partial charge in [-0.3, -0.25) is 4.79 Å². The summed E-state index contributed by atoms with van der Waals surface area (Å²) in [4.78, 5) is 34.8. The Morgan fingerprint density at radius 3 is 2.17 bits per heavy atom. The Balaban J connectivity index is 2.33. The van der Waals surface area contributed by atoms with Crippen LogP contribution in [0.3, 0.4) is 0 Å². The number of rotatable bonds is 25. The second kappa shape index (κ2) is 24.1. The molecule has 1 heterocycles. The van der Waals surface area contributed by atoms with Crippen molar-refractivity contribution in [3.63, 3.8) is 0 Å². The molecular weight excluding hydrogens is 606 g/mol. The van der Waals surface area contributed by atoms with Crippen LogP contribution in [-0.4, -0.2) is 68.9 Å². The van der Waals surface area contributed by atoms with Gasteiger partial charge in [-0.05, 0) is 115 Å². The molecule has 0 spiro atoms. The van der Waals surface area contributed by atoms with Crippen LogP contribution in [0.5, 0.6) is 0 Å². The Bertz CT molecular complexity index is 1020. The molecule has 1 amide bonds. The summed E-state index contributed by atoms with van der Waals surface area (Å²) in [6.45, 7) is 13.8. The molecule has 10 unspecified atom stereocenters. The summed E-state index contributed by atoms with van der Waals surface area (Å²) in [6, 6.07) is 0.244. The number of carbonyl (C=O) groups is 3. The highest BCUT2D eigenvalue weighted by Gasteiger charge is 2.30. The average Bonchev–Trinajstić information content (AvgIpc) is 3.05. The highest BCUT2D eigenvalue weighted by molar-refractivity contribution is 5.79. The van der Waals surface area contributed by atoms with E-state index in [0.717, 1.165) is 56.8 Å². The predicted octanol–water partition coefficient (Wildman–Crippen LogP) is 6.64. The zero-order chi connectivity index (χ0) is 36.2. The maximum atomic E-state index is 12.3. The zero-order valence-electron chi connectivity index (χ0n) is 31.0. The van der Waals surface area contributed by atoms with Gasteiger partial charge in [-0.2, -0.15) is 0 Å². The minimum absolute atomic E-state index is 0.0142. The number of aliphatic hydroxyl groups excluding tert-OH is 4. The lowest BCUT2D eigenvalue weighted by atomic mass is 9.81. The minimum Gasteiger partial charge on any atom is -0.393 e. The van der Waals surface area contributed by atoms with Crippen molar-refractivity contribution < 1.29 is 34.8 Å². The molecular formula is C40H69NO7. The summed E-state index contributed by atoms with van der Waals surface area (Å²) in [7, 11) is 0. The normalized spacial score (nSPS) is 23.2. The van der Waals surface area contributed by atoms with Crippen LogP contribution in [0.1, 0.15) is 132 Å². The van der Waals surface area contributed by atoms with E-state index in [1.54, 1.807) is 6.08 Å². The number of aliphatic hydroxyl groups is 4. The fraction of sp³-hybridized carbons (Fsp3) is 0.775. The number of aldehydes is 1. The van der Waals surface area contributed by atoms with Gasteiger partial charge in [0.1, 0.15) is 12.1 Å². The van der Waals surface area contributed by atoms with E-state index < -0.39 is 30.3 Å². The summed E-state index contributed by atoms with van der Waals surface area (Å²) >= 11 is 0. The van der Waals surface area contributed by atoms with Crippen LogP contribution in [0.4, 0.5) is 0 Å². The molecule has 1 aliphatic heterocycles. The van der Waals surface area contributed by atoms with E-state index in [-0.39, 0.29) is 35.5 Å². The molecule has 276 valence electrons. The molecule has 5 N–H and O–H groups in total. The first kappa shape index (κ1) is 43.9. The smallest absolute Gasteiger partial charge is 0.223 e. The highest BCUT2D eigenvalue weighted by Crippen LogP contribution is 2.28. The van der Waals surface area contributed by atoms with Crippen LogP contribution in [0.2, 0.25) is 0 Å². The number of hydrogen-bond donors (Lipinski definition) is 5. The van der Waals surface area contributed by atoms with E-state index in [1.165, 1.54) is 6.92 Å². The Labute approximate surface area is 291 Å². The van der Waals surface area contributed by atoms with Crippen molar-refractivity contribution in [2.24, 2.45) is 35.5 Å². The van der Waals surface area contributed by atoms with Crippen LogP contribution in [0.15, 0.2) is 36.0 Å². The summed E-state index contributed by atoms with van der Waals surface area (Å²) in [5, 5.41) is 45.5. The zero-order valence-corrected chi connectivity index (χ0v) is 31.0. The van der Waals surface area contributed by atoms with E-state index in [9.17, 15) is 34.8 Å². The molecule has 11 atom stereocenters. The van der Waals surface area contributed by atoms with Gasteiger partial charge in [0, 0.05) is 24.3 Å². The molecule has 1 aliphatic rings. The van der Waals surface area contributed by atoms with Gasteiger partial charge in [0.2, 0.25) is 5.91 Å². The van der Waals surface area contributed by atoms with Crippen molar-refractivity contribution in [1.29, 1.82) is 0 Å². The summed E-state index contributed by atoms with van der Waals surface area (Å²) in [5.74, 6) is 0.618. The first-order valence-corrected chi connectivity index (χ1v) is 18.7. The molecule has 48 heavy (non-hydrogen) atoms.